The molecule has 0 bridgehead atoms. The first-order valence-electron chi connectivity index (χ1n) is 46.8. The van der Waals surface area contributed by atoms with Gasteiger partial charge in [0.15, 0.2) is 23.1 Å². The Balaban J connectivity index is 0.000000149. The van der Waals surface area contributed by atoms with Crippen molar-refractivity contribution in [2.75, 3.05) is 85.9 Å². The molecule has 8 unspecified atom stereocenters. The molecule has 0 aliphatic carbocycles. The van der Waals surface area contributed by atoms with Gasteiger partial charge in [0.1, 0.15) is 17.3 Å². The molecule has 23 nitrogen and oxygen atoms in total. The number of halogens is 4. The summed E-state index contributed by atoms with van der Waals surface area (Å²) in [7, 11) is 1.23. The lowest BCUT2D eigenvalue weighted by Gasteiger charge is -2.48. The fourth-order valence-corrected chi connectivity index (χ4v) is 20.4. The quantitative estimate of drug-likeness (QED) is 0.0542. The number of hydrogen-bond acceptors (Lipinski definition) is 20. The van der Waals surface area contributed by atoms with Crippen LogP contribution in [0.2, 0.25) is 0 Å². The van der Waals surface area contributed by atoms with Crippen molar-refractivity contribution in [1.82, 2.24) is 34.6 Å². The Morgan fingerprint density at radius 2 is 0.809 bits per heavy atom. The lowest BCUT2D eigenvalue weighted by molar-refractivity contribution is -0.191. The normalized spacial score (nSPS) is 22.6. The molecule has 28 heteroatoms. The molecule has 131 heavy (non-hydrogen) atoms. The van der Waals surface area contributed by atoms with Crippen molar-refractivity contribution in [3.8, 4) is 23.0 Å². The third kappa shape index (κ3) is 25.5. The number of amides is 4. The minimum atomic E-state index is -1.15. The summed E-state index contributed by atoms with van der Waals surface area (Å²) in [5.74, 6) is -2.05. The van der Waals surface area contributed by atoms with Crippen LogP contribution in [0.15, 0.2) is 152 Å². The van der Waals surface area contributed by atoms with Gasteiger partial charge < -0.3 is 76.4 Å². The molecule has 5 aromatic carbocycles. The molecule has 8 atom stereocenters. The Morgan fingerprint density at radius 1 is 0.420 bits per heavy atom. The number of thiazole rings is 1. The largest absolute Gasteiger partial charge is 0.493 e. The van der Waals surface area contributed by atoms with Gasteiger partial charge in [0.05, 0.1) is 119 Å². The second kappa shape index (κ2) is 45.5. The van der Waals surface area contributed by atoms with E-state index in [0.29, 0.717) is 115 Å². The number of aromatic nitrogens is 3. The highest BCUT2D eigenvalue weighted by Gasteiger charge is 2.51. The fraction of sp³-hybridized carbons (Fsp3) is 0.544. The lowest BCUT2D eigenvalue weighted by atomic mass is 9.80. The molecule has 8 aromatic rings. The fourth-order valence-electron chi connectivity index (χ4n) is 19.7. The van der Waals surface area contributed by atoms with Crippen molar-refractivity contribution < 1.29 is 93.6 Å². The molecule has 0 radical (unpaired) electrons. The molecule has 4 spiro atoms. The van der Waals surface area contributed by atoms with Gasteiger partial charge in [-0.1, -0.05) is 36.4 Å². The number of ether oxygens (including phenoxy) is 12. The number of benzene rings is 5. The van der Waals surface area contributed by atoms with Gasteiger partial charge in [-0.25, -0.2) is 13.2 Å². The Morgan fingerprint density at radius 3 is 1.20 bits per heavy atom. The first-order valence-corrected chi connectivity index (χ1v) is 47.7. The number of hydrogen-bond donors (Lipinski definition) is 0. The number of methoxy groups -OCH3 is 1. The van der Waals surface area contributed by atoms with E-state index in [-0.39, 0.29) is 130 Å². The molecular weight excluding hydrogens is 1700 g/mol. The number of carbonyl (C=O) groups is 4. The summed E-state index contributed by atoms with van der Waals surface area (Å²) in [5.41, 5.74) is 7.12. The number of carbonyl (C=O) groups excluding carboxylic acids is 4. The van der Waals surface area contributed by atoms with Gasteiger partial charge >= 0.3 is 0 Å². The van der Waals surface area contributed by atoms with Crippen LogP contribution in [0.5, 0.6) is 23.0 Å². The average molecular weight is 1830 g/mol. The predicted molar refractivity (Wildman–Crippen MR) is 491 cm³/mol. The lowest BCUT2D eigenvalue weighted by Crippen LogP contribution is -2.52. The van der Waals surface area contributed by atoms with Crippen LogP contribution in [0.25, 0.3) is 0 Å². The van der Waals surface area contributed by atoms with E-state index in [1.807, 2.05) is 178 Å². The first kappa shape index (κ1) is 99.0. The summed E-state index contributed by atoms with van der Waals surface area (Å²) in [6, 6.07) is 33.6. The zero-order valence-corrected chi connectivity index (χ0v) is 79.0. The molecule has 16 rings (SSSR count). The number of rotatable bonds is 23. The zero-order valence-electron chi connectivity index (χ0n) is 78.2. The van der Waals surface area contributed by atoms with Gasteiger partial charge in [-0.2, -0.15) is 4.39 Å². The van der Waals surface area contributed by atoms with Gasteiger partial charge in [0, 0.05) is 177 Å². The molecule has 8 aliphatic heterocycles. The molecule has 3 aromatic heterocycles. The molecule has 0 N–H and O–H groups in total. The molecule has 8 aliphatic rings. The minimum absolute atomic E-state index is 0.0196. The van der Waals surface area contributed by atoms with Crippen LogP contribution in [0.3, 0.4) is 0 Å². The smallest absolute Gasteiger partial charge is 0.257 e. The van der Waals surface area contributed by atoms with Gasteiger partial charge in [-0.15, -0.1) is 11.3 Å². The topological polar surface area (TPSA) is 231 Å². The average Bonchev–Trinajstić information content (AvgIpc) is 1.57. The van der Waals surface area contributed by atoms with Crippen molar-refractivity contribution in [1.29, 1.82) is 0 Å². The highest BCUT2D eigenvalue weighted by atomic mass is 32.1. The number of nitrogens with zero attached hydrogens (tertiary/aromatic N) is 7. The number of likely N-dealkylation sites (tertiary alicyclic amines) is 4. The monoisotopic (exact) mass is 1830 g/mol. The second-order valence-corrected chi connectivity index (χ2v) is 37.4. The summed E-state index contributed by atoms with van der Waals surface area (Å²) in [6.45, 7) is 30.9. The van der Waals surface area contributed by atoms with Crippen LogP contribution < -0.4 is 18.9 Å². The SMILES string of the molecule is CCOC1CC(c2ccccc2)OC2(CCN(C(=O)c3ccc(F)c(F)c3OC)CC2)C1.CCOC1CC(c2cccnc2)OC2(CCN(C(=O)c3ccc(OC(C)C)c(F)c3)CC2)C1.CCOC1CC(c2cncc(F)c2)OC2(CCN(C(=O)c3ccc(OC(C)C)c(C)c3)CC2)C1.CCOC1CC(c2cncs2)OC2(CCN(C(=O)c3ccc(OC(C)C)c(C)c3)CC2)C1. The van der Waals surface area contributed by atoms with Gasteiger partial charge in [0.2, 0.25) is 5.82 Å². The van der Waals surface area contributed by atoms with Crippen LogP contribution in [0.4, 0.5) is 17.6 Å². The Bertz CT molecular complexity index is 5050. The van der Waals surface area contributed by atoms with Crippen molar-refractivity contribution in [3.63, 3.8) is 0 Å². The van der Waals surface area contributed by atoms with Crippen molar-refractivity contribution in [2.24, 2.45) is 0 Å². The summed E-state index contributed by atoms with van der Waals surface area (Å²) < 4.78 is 129. The summed E-state index contributed by atoms with van der Waals surface area (Å²) in [5, 5.41) is 0. The Hall–Kier alpha value is -9.49. The van der Waals surface area contributed by atoms with Crippen LogP contribution in [-0.4, -0.2) is 209 Å². The van der Waals surface area contributed by atoms with Crippen molar-refractivity contribution in [2.45, 2.75) is 275 Å². The van der Waals surface area contributed by atoms with Crippen LogP contribution in [0, 0.1) is 37.1 Å². The molecular formula is C103H131F4N7O16S. The summed E-state index contributed by atoms with van der Waals surface area (Å²) in [6.07, 6.45) is 20.7. The predicted octanol–water partition coefficient (Wildman–Crippen LogP) is 20.3. The summed E-state index contributed by atoms with van der Waals surface area (Å²) >= 11 is 1.64. The maximum atomic E-state index is 14.4. The minimum Gasteiger partial charge on any atom is -0.493 e. The maximum absolute atomic E-state index is 14.4. The summed E-state index contributed by atoms with van der Waals surface area (Å²) in [4.78, 5) is 73.5. The van der Waals surface area contributed by atoms with Gasteiger partial charge in [-0.3, -0.25) is 34.1 Å². The third-order valence-corrected chi connectivity index (χ3v) is 26.9. The van der Waals surface area contributed by atoms with E-state index in [4.69, 9.17) is 56.8 Å². The molecule has 8 saturated heterocycles. The molecule has 0 saturated carbocycles. The standard InChI is InChI=1S/C27H35FN2O4.C26H33FN2O4.C25H29F2NO4.C25H34N2O4S/c1-5-32-23-14-25(21-13-22(28)17-29-16-21)34-27(15-23)8-10-30(11-9-27)26(31)20-6-7-24(19(4)12-20)33-18(2)3;1-4-31-21-15-24(20-6-5-11-28-17-20)33-26(16-21)9-12-29(13-10-26)25(30)19-7-8-23(22(27)14-19)32-18(2)3;1-3-31-18-15-21(17-7-5-4-6-8-17)32-25(16-18)11-13-28(14-12-25)24(29)19-9-10-20(26)22(27)23(19)30-2;1-5-29-20-13-22(23-15-26-16-32-23)31-25(14-20)8-10-27(11-9-25)24(28)19-6-7-21(18(4)12-19)30-17(2)3/h6-7,12-13,16-18,23,25H,5,8-11,14-15H2,1-4H3;5-8,11,14,17-18,21,24H,4,9-10,12-13,15-16H2,1-3H3;4-10,18,21H,3,11-16H2,1-2H3;6-7,12,15-17,20,22H,5,8-11,13-14H2,1-4H3. The van der Waals surface area contributed by atoms with E-state index in [2.05, 4.69) is 27.1 Å². The van der Waals surface area contributed by atoms with Crippen molar-refractivity contribution >= 4 is 35.0 Å². The number of pyridine rings is 2. The number of aryl methyl sites for hydroxylation is 2. The number of piperidine rings is 4. The van der Waals surface area contributed by atoms with Gasteiger partial charge in [-0.05, 0) is 236 Å². The second-order valence-electron chi connectivity index (χ2n) is 36.5. The maximum Gasteiger partial charge on any atom is 0.257 e. The van der Waals surface area contributed by atoms with Gasteiger partial charge in [0.25, 0.3) is 23.6 Å². The molecule has 8 fully saturated rings. The zero-order chi connectivity index (χ0) is 93.2. The van der Waals surface area contributed by atoms with E-state index < -0.39 is 23.1 Å². The van der Waals surface area contributed by atoms with Crippen LogP contribution >= 0.6 is 11.3 Å². The van der Waals surface area contributed by atoms with E-state index >= 15 is 0 Å². The highest BCUT2D eigenvalue weighted by molar-refractivity contribution is 7.09. The van der Waals surface area contributed by atoms with Crippen molar-refractivity contribution in [3.05, 3.63) is 230 Å². The van der Waals surface area contributed by atoms with Crippen LogP contribution in [-0.2, 0) is 37.9 Å². The van der Waals surface area contributed by atoms with E-state index in [0.717, 1.165) is 134 Å². The Labute approximate surface area is 773 Å². The highest BCUT2D eigenvalue weighted by Crippen LogP contribution is 2.50. The first-order chi connectivity index (χ1) is 63.0. The van der Waals surface area contributed by atoms with Crippen LogP contribution in [0.1, 0.15) is 271 Å². The molecule has 4 amide bonds. The van der Waals surface area contributed by atoms with E-state index in [9.17, 15) is 36.7 Å². The molecule has 11 heterocycles. The Kier molecular flexibility index (Phi) is 34.4. The third-order valence-electron chi connectivity index (χ3n) is 26.0. The molecule has 708 valence electrons. The van der Waals surface area contributed by atoms with E-state index in [1.165, 1.54) is 37.6 Å². The van der Waals surface area contributed by atoms with E-state index in [1.54, 1.807) is 39.6 Å².